The second kappa shape index (κ2) is 8.42. The molecule has 0 radical (unpaired) electrons. The van der Waals surface area contributed by atoms with Gasteiger partial charge in [0.2, 0.25) is 5.95 Å². The molecule has 4 heterocycles. The van der Waals surface area contributed by atoms with Crippen LogP contribution in [0.25, 0.3) is 16.7 Å². The molecular formula is C25H26N8O. The van der Waals surface area contributed by atoms with Crippen LogP contribution in [-0.4, -0.2) is 70.3 Å². The average molecular weight is 455 g/mol. The number of rotatable bonds is 4. The lowest BCUT2D eigenvalue weighted by molar-refractivity contribution is 0.0946. The number of carbonyl (C=O) groups excluding carboxylic acids is 1. The van der Waals surface area contributed by atoms with Gasteiger partial charge in [-0.25, -0.2) is 9.67 Å². The molecule has 9 nitrogen and oxygen atoms in total. The fourth-order valence-corrected chi connectivity index (χ4v) is 4.55. The predicted octanol–water partition coefficient (Wildman–Crippen LogP) is 2.60. The van der Waals surface area contributed by atoms with E-state index < -0.39 is 0 Å². The van der Waals surface area contributed by atoms with Gasteiger partial charge in [0, 0.05) is 55.9 Å². The predicted molar refractivity (Wildman–Crippen MR) is 132 cm³/mol. The highest BCUT2D eigenvalue weighted by Gasteiger charge is 2.18. The first-order chi connectivity index (χ1) is 16.6. The lowest BCUT2D eigenvalue weighted by Gasteiger charge is -2.34. The van der Waals surface area contributed by atoms with Crippen molar-refractivity contribution in [3.63, 3.8) is 0 Å². The number of hydrogen-bond donors (Lipinski definition) is 2. The second-order valence-corrected chi connectivity index (χ2v) is 8.84. The molecular weight excluding hydrogens is 428 g/mol. The van der Waals surface area contributed by atoms with E-state index in [9.17, 15) is 4.79 Å². The first kappa shape index (κ1) is 20.6. The standard InChI is InChI=1S/C25H26N8O/c1-31-10-12-32(13-11-31)20-6-3-19(4-7-20)29-25-27-15-18-16-28-33(23(18)30-25)21-5-2-17-8-9-26-24(34)22(17)14-21/h2-7,14-16H,8-13H2,1H3,(H,26,34)(H,27,29,30). The summed E-state index contributed by atoms with van der Waals surface area (Å²) in [6, 6.07) is 14.2. The molecule has 0 spiro atoms. The van der Waals surface area contributed by atoms with Crippen molar-refractivity contribution in [3.05, 3.63) is 66.0 Å². The Kier molecular flexibility index (Phi) is 5.10. The number of fused-ring (bicyclic) bond motifs is 2. The van der Waals surface area contributed by atoms with Crippen molar-refractivity contribution in [1.82, 2.24) is 30.0 Å². The Balaban J connectivity index is 1.25. The van der Waals surface area contributed by atoms with Crippen LogP contribution in [0.2, 0.25) is 0 Å². The third kappa shape index (κ3) is 3.84. The molecule has 2 aromatic carbocycles. The molecule has 1 fully saturated rings. The Morgan fingerprint density at radius 2 is 1.76 bits per heavy atom. The van der Waals surface area contributed by atoms with Crippen LogP contribution in [0, 0.1) is 0 Å². The molecule has 2 aromatic heterocycles. The fraction of sp³-hybridized carbons (Fsp3) is 0.280. The summed E-state index contributed by atoms with van der Waals surface area (Å²) in [5, 5.41) is 11.5. The van der Waals surface area contributed by atoms with Gasteiger partial charge in [0.25, 0.3) is 5.91 Å². The van der Waals surface area contributed by atoms with Crippen molar-refractivity contribution in [2.45, 2.75) is 6.42 Å². The number of hydrogen-bond acceptors (Lipinski definition) is 7. The first-order valence-electron chi connectivity index (χ1n) is 11.6. The SMILES string of the molecule is CN1CCN(c2ccc(Nc3ncc4cnn(-c5ccc6c(c5)C(=O)NCC6)c4n3)cc2)CC1. The molecule has 2 aliphatic heterocycles. The lowest BCUT2D eigenvalue weighted by Crippen LogP contribution is -2.44. The van der Waals surface area contributed by atoms with Gasteiger partial charge in [-0.05, 0) is 55.4 Å². The van der Waals surface area contributed by atoms with E-state index in [2.05, 4.69) is 61.8 Å². The quantitative estimate of drug-likeness (QED) is 0.490. The first-order valence-corrected chi connectivity index (χ1v) is 11.6. The Labute approximate surface area is 197 Å². The molecule has 0 aliphatic carbocycles. The van der Waals surface area contributed by atoms with Crippen LogP contribution in [0.1, 0.15) is 15.9 Å². The smallest absolute Gasteiger partial charge is 0.251 e. The second-order valence-electron chi connectivity index (χ2n) is 8.84. The summed E-state index contributed by atoms with van der Waals surface area (Å²) in [4.78, 5) is 26.2. The van der Waals surface area contributed by atoms with Gasteiger partial charge in [0.15, 0.2) is 5.65 Å². The molecule has 0 unspecified atom stereocenters. The number of amides is 1. The summed E-state index contributed by atoms with van der Waals surface area (Å²) < 4.78 is 1.75. The normalized spacial score (nSPS) is 16.4. The maximum Gasteiger partial charge on any atom is 0.251 e. The summed E-state index contributed by atoms with van der Waals surface area (Å²) >= 11 is 0. The van der Waals surface area contributed by atoms with Gasteiger partial charge in [0.05, 0.1) is 17.3 Å². The number of anilines is 3. The van der Waals surface area contributed by atoms with Crippen LogP contribution >= 0.6 is 0 Å². The zero-order valence-corrected chi connectivity index (χ0v) is 19.0. The van der Waals surface area contributed by atoms with Gasteiger partial charge in [-0.2, -0.15) is 10.1 Å². The van der Waals surface area contributed by atoms with Crippen molar-refractivity contribution < 1.29 is 4.79 Å². The summed E-state index contributed by atoms with van der Waals surface area (Å²) in [7, 11) is 2.16. The highest BCUT2D eigenvalue weighted by molar-refractivity contribution is 5.97. The van der Waals surface area contributed by atoms with Crippen molar-refractivity contribution in [3.8, 4) is 5.69 Å². The summed E-state index contributed by atoms with van der Waals surface area (Å²) in [6.07, 6.45) is 4.34. The molecule has 0 atom stereocenters. The van der Waals surface area contributed by atoms with E-state index in [-0.39, 0.29) is 5.91 Å². The summed E-state index contributed by atoms with van der Waals surface area (Å²) in [5.41, 5.74) is 5.38. The van der Waals surface area contributed by atoms with Crippen LogP contribution in [0.15, 0.2) is 54.9 Å². The molecule has 2 N–H and O–H groups in total. The number of nitrogens with one attached hydrogen (secondary N) is 2. The van der Waals surface area contributed by atoms with Gasteiger partial charge in [-0.1, -0.05) is 6.07 Å². The van der Waals surface area contributed by atoms with E-state index in [4.69, 9.17) is 4.98 Å². The zero-order valence-electron chi connectivity index (χ0n) is 19.0. The highest BCUT2D eigenvalue weighted by Crippen LogP contribution is 2.24. The Morgan fingerprint density at radius 1 is 0.971 bits per heavy atom. The third-order valence-corrected chi connectivity index (χ3v) is 6.56. The molecule has 0 bridgehead atoms. The van der Waals surface area contributed by atoms with Crippen LogP contribution in [-0.2, 0) is 6.42 Å². The monoisotopic (exact) mass is 454 g/mol. The number of benzene rings is 2. The molecule has 34 heavy (non-hydrogen) atoms. The maximum absolute atomic E-state index is 12.3. The maximum atomic E-state index is 12.3. The van der Waals surface area contributed by atoms with Gasteiger partial charge < -0.3 is 20.4 Å². The molecule has 9 heteroatoms. The number of carbonyl (C=O) groups is 1. The number of likely N-dealkylation sites (N-methyl/N-ethyl adjacent to an activating group) is 1. The summed E-state index contributed by atoms with van der Waals surface area (Å²) in [6.45, 7) is 4.91. The minimum absolute atomic E-state index is 0.0448. The Hall–Kier alpha value is -3.98. The topological polar surface area (TPSA) is 91.2 Å². The van der Waals surface area contributed by atoms with Crippen molar-refractivity contribution in [2.24, 2.45) is 0 Å². The van der Waals surface area contributed by atoms with Crippen molar-refractivity contribution in [2.75, 3.05) is 50.0 Å². The minimum atomic E-state index is -0.0448. The zero-order chi connectivity index (χ0) is 23.1. The van der Waals surface area contributed by atoms with E-state index in [1.54, 1.807) is 17.1 Å². The lowest BCUT2D eigenvalue weighted by atomic mass is 10.00. The molecule has 2 aliphatic rings. The number of nitrogens with zero attached hydrogens (tertiary/aromatic N) is 6. The van der Waals surface area contributed by atoms with Gasteiger partial charge >= 0.3 is 0 Å². The van der Waals surface area contributed by atoms with Crippen molar-refractivity contribution >= 4 is 34.3 Å². The molecule has 4 aromatic rings. The van der Waals surface area contributed by atoms with Gasteiger partial charge in [0.1, 0.15) is 0 Å². The number of aromatic nitrogens is 4. The Bertz CT molecular complexity index is 1360. The fourth-order valence-electron chi connectivity index (χ4n) is 4.55. The van der Waals surface area contributed by atoms with Crippen molar-refractivity contribution in [1.29, 1.82) is 0 Å². The summed E-state index contributed by atoms with van der Waals surface area (Å²) in [5.74, 6) is 0.453. The molecule has 6 rings (SSSR count). The van der Waals surface area contributed by atoms with Crippen LogP contribution < -0.4 is 15.5 Å². The highest BCUT2D eigenvalue weighted by atomic mass is 16.1. The molecule has 1 amide bonds. The van der Waals surface area contributed by atoms with Gasteiger partial charge in [-0.15, -0.1) is 0 Å². The largest absolute Gasteiger partial charge is 0.369 e. The van der Waals surface area contributed by atoms with Crippen LogP contribution in [0.3, 0.4) is 0 Å². The molecule has 1 saturated heterocycles. The van der Waals surface area contributed by atoms with Crippen LogP contribution in [0.4, 0.5) is 17.3 Å². The van der Waals surface area contributed by atoms with E-state index >= 15 is 0 Å². The number of piperazine rings is 1. The van der Waals surface area contributed by atoms with E-state index in [0.29, 0.717) is 23.7 Å². The third-order valence-electron chi connectivity index (χ3n) is 6.56. The van der Waals surface area contributed by atoms with Gasteiger partial charge in [-0.3, -0.25) is 4.79 Å². The van der Waals surface area contributed by atoms with E-state index in [1.165, 1.54) is 5.69 Å². The van der Waals surface area contributed by atoms with E-state index in [0.717, 1.165) is 54.9 Å². The Morgan fingerprint density at radius 3 is 2.59 bits per heavy atom. The van der Waals surface area contributed by atoms with E-state index in [1.807, 2.05) is 18.2 Å². The molecule has 0 saturated carbocycles. The molecule has 172 valence electrons. The van der Waals surface area contributed by atoms with Crippen LogP contribution in [0.5, 0.6) is 0 Å². The minimum Gasteiger partial charge on any atom is -0.369 e. The average Bonchev–Trinajstić information content (AvgIpc) is 3.28.